The summed E-state index contributed by atoms with van der Waals surface area (Å²) in [6, 6.07) is 12.6. The van der Waals surface area contributed by atoms with E-state index in [0.29, 0.717) is 4.83 Å². The molecule has 0 heterocycles. The highest BCUT2D eigenvalue weighted by Gasteiger charge is 2.02. The van der Waals surface area contributed by atoms with Gasteiger partial charge in [-0.1, -0.05) is 40.2 Å². The first kappa shape index (κ1) is 10.5. The minimum atomic E-state index is 0.393. The van der Waals surface area contributed by atoms with Crippen LogP contribution < -0.4 is 4.74 Å². The number of alkyl halides is 1. The predicted octanol–water partition coefficient (Wildman–Crippen LogP) is 4.30. The normalized spacial score (nSPS) is 12.7. The quantitative estimate of drug-likeness (QED) is 0.735. The Labute approximate surface area is 98.2 Å². The second-order valence-electron chi connectivity index (χ2n) is 3.59. The van der Waals surface area contributed by atoms with Crippen LogP contribution in [0, 0.1) is 0 Å². The average molecular weight is 265 g/mol. The minimum Gasteiger partial charge on any atom is -0.497 e. The molecule has 0 unspecified atom stereocenters. The van der Waals surface area contributed by atoms with E-state index >= 15 is 0 Å². The molecule has 0 aromatic heterocycles. The van der Waals surface area contributed by atoms with Crippen molar-refractivity contribution in [2.24, 2.45) is 0 Å². The summed E-state index contributed by atoms with van der Waals surface area (Å²) in [5, 5.41) is 2.46. The highest BCUT2D eigenvalue weighted by molar-refractivity contribution is 9.09. The number of methoxy groups -OCH3 is 1. The molecule has 0 aliphatic heterocycles. The van der Waals surface area contributed by atoms with Gasteiger partial charge in [0.25, 0.3) is 0 Å². The minimum absolute atomic E-state index is 0.393. The van der Waals surface area contributed by atoms with E-state index in [1.165, 1.54) is 16.3 Å². The zero-order valence-electron chi connectivity index (χ0n) is 8.83. The first-order chi connectivity index (χ1) is 7.20. The fourth-order valence-electron chi connectivity index (χ4n) is 1.62. The molecule has 0 saturated carbocycles. The van der Waals surface area contributed by atoms with E-state index in [9.17, 15) is 0 Å². The van der Waals surface area contributed by atoms with Crippen LogP contribution in [0.25, 0.3) is 10.8 Å². The lowest BCUT2D eigenvalue weighted by atomic mass is 10.1. The fraction of sp³-hybridized carbons (Fsp3) is 0.231. The molecule has 1 nitrogen and oxygen atoms in total. The molecule has 0 amide bonds. The molecule has 0 N–H and O–H groups in total. The van der Waals surface area contributed by atoms with Crippen molar-refractivity contribution >= 4 is 26.7 Å². The summed E-state index contributed by atoms with van der Waals surface area (Å²) in [5.74, 6) is 0.905. The van der Waals surface area contributed by atoms with Gasteiger partial charge in [0.05, 0.1) is 7.11 Å². The van der Waals surface area contributed by atoms with Crippen LogP contribution in [-0.2, 0) is 0 Å². The summed E-state index contributed by atoms with van der Waals surface area (Å²) in [6.45, 7) is 2.13. The van der Waals surface area contributed by atoms with Crippen molar-refractivity contribution in [3.8, 4) is 5.75 Å². The zero-order chi connectivity index (χ0) is 10.8. The summed E-state index contributed by atoms with van der Waals surface area (Å²) in [7, 11) is 1.69. The van der Waals surface area contributed by atoms with E-state index in [2.05, 4.69) is 53.2 Å². The topological polar surface area (TPSA) is 9.23 Å². The maximum absolute atomic E-state index is 5.19. The van der Waals surface area contributed by atoms with Gasteiger partial charge in [0.2, 0.25) is 0 Å². The van der Waals surface area contributed by atoms with Crippen LogP contribution in [0.2, 0.25) is 0 Å². The van der Waals surface area contributed by atoms with Crippen molar-refractivity contribution in [3.63, 3.8) is 0 Å². The van der Waals surface area contributed by atoms with Gasteiger partial charge in [0.1, 0.15) is 5.75 Å². The van der Waals surface area contributed by atoms with Crippen molar-refractivity contribution in [2.45, 2.75) is 11.8 Å². The molecule has 78 valence electrons. The standard InChI is InChI=1S/C13H13BrO/c1-9(14)10-3-4-12-8-13(15-2)6-5-11(12)7-10/h3-9H,1-2H3/t9-/m1/s1. The average Bonchev–Trinajstić information content (AvgIpc) is 2.27. The third-order valence-electron chi connectivity index (χ3n) is 2.53. The molecule has 2 aromatic carbocycles. The van der Waals surface area contributed by atoms with Gasteiger partial charge in [0.15, 0.2) is 0 Å². The Morgan fingerprint density at radius 3 is 2.40 bits per heavy atom. The molecule has 2 rings (SSSR count). The maximum Gasteiger partial charge on any atom is 0.119 e. The molecule has 0 bridgehead atoms. The molecular formula is C13H13BrO. The van der Waals surface area contributed by atoms with E-state index in [1.807, 2.05) is 6.07 Å². The Balaban J connectivity index is 2.55. The predicted molar refractivity (Wildman–Crippen MR) is 67.8 cm³/mol. The Morgan fingerprint density at radius 1 is 1.07 bits per heavy atom. The van der Waals surface area contributed by atoms with Crippen LogP contribution in [-0.4, -0.2) is 7.11 Å². The first-order valence-corrected chi connectivity index (χ1v) is 5.84. The van der Waals surface area contributed by atoms with Gasteiger partial charge >= 0.3 is 0 Å². The van der Waals surface area contributed by atoms with Gasteiger partial charge in [0, 0.05) is 4.83 Å². The van der Waals surface area contributed by atoms with Gasteiger partial charge in [-0.25, -0.2) is 0 Å². The highest BCUT2D eigenvalue weighted by Crippen LogP contribution is 2.27. The summed E-state index contributed by atoms with van der Waals surface area (Å²) in [6.07, 6.45) is 0. The van der Waals surface area contributed by atoms with Crippen LogP contribution >= 0.6 is 15.9 Å². The molecule has 15 heavy (non-hydrogen) atoms. The molecule has 0 saturated heterocycles. The van der Waals surface area contributed by atoms with Gasteiger partial charge in [-0.15, -0.1) is 0 Å². The van der Waals surface area contributed by atoms with Crippen LogP contribution in [0.5, 0.6) is 5.75 Å². The lowest BCUT2D eigenvalue weighted by molar-refractivity contribution is 0.415. The van der Waals surface area contributed by atoms with Crippen LogP contribution in [0.3, 0.4) is 0 Å². The third kappa shape index (κ3) is 2.15. The Kier molecular flexibility index (Phi) is 2.96. The molecule has 0 aliphatic rings. The number of rotatable bonds is 2. The van der Waals surface area contributed by atoms with Crippen molar-refractivity contribution in [1.82, 2.24) is 0 Å². The monoisotopic (exact) mass is 264 g/mol. The number of benzene rings is 2. The van der Waals surface area contributed by atoms with Crippen LogP contribution in [0.4, 0.5) is 0 Å². The molecule has 1 atom stereocenters. The lowest BCUT2D eigenvalue weighted by Gasteiger charge is -2.06. The molecular weight excluding hydrogens is 252 g/mol. The summed E-state index contributed by atoms with van der Waals surface area (Å²) in [4.78, 5) is 0.393. The molecule has 0 fully saturated rings. The Hall–Kier alpha value is -1.02. The summed E-state index contributed by atoms with van der Waals surface area (Å²) < 4.78 is 5.19. The third-order valence-corrected chi connectivity index (χ3v) is 3.06. The zero-order valence-corrected chi connectivity index (χ0v) is 10.4. The highest BCUT2D eigenvalue weighted by atomic mass is 79.9. The molecule has 0 aliphatic carbocycles. The van der Waals surface area contributed by atoms with Crippen molar-refractivity contribution < 1.29 is 4.74 Å². The molecule has 2 heteroatoms. The SMILES string of the molecule is COc1ccc2cc([C@@H](C)Br)ccc2c1. The van der Waals surface area contributed by atoms with Gasteiger partial charge in [-0.3, -0.25) is 0 Å². The molecule has 0 spiro atoms. The summed E-state index contributed by atoms with van der Waals surface area (Å²) >= 11 is 3.57. The van der Waals surface area contributed by atoms with E-state index in [-0.39, 0.29) is 0 Å². The Bertz CT molecular complexity index is 477. The lowest BCUT2D eigenvalue weighted by Crippen LogP contribution is -1.85. The second kappa shape index (κ2) is 4.23. The number of hydrogen-bond acceptors (Lipinski definition) is 1. The van der Waals surface area contributed by atoms with Crippen LogP contribution in [0.1, 0.15) is 17.3 Å². The van der Waals surface area contributed by atoms with Crippen molar-refractivity contribution in [3.05, 3.63) is 42.0 Å². The van der Waals surface area contributed by atoms with Gasteiger partial charge in [-0.2, -0.15) is 0 Å². The van der Waals surface area contributed by atoms with E-state index in [4.69, 9.17) is 4.74 Å². The fourth-order valence-corrected chi connectivity index (χ4v) is 1.90. The van der Waals surface area contributed by atoms with E-state index in [1.54, 1.807) is 7.11 Å². The largest absolute Gasteiger partial charge is 0.497 e. The van der Waals surface area contributed by atoms with Crippen molar-refractivity contribution in [2.75, 3.05) is 7.11 Å². The molecule has 2 aromatic rings. The number of fused-ring (bicyclic) bond motifs is 1. The van der Waals surface area contributed by atoms with Crippen LogP contribution in [0.15, 0.2) is 36.4 Å². The Morgan fingerprint density at radius 2 is 1.73 bits per heavy atom. The second-order valence-corrected chi connectivity index (χ2v) is 4.96. The van der Waals surface area contributed by atoms with Crippen molar-refractivity contribution in [1.29, 1.82) is 0 Å². The number of ether oxygens (including phenoxy) is 1. The summed E-state index contributed by atoms with van der Waals surface area (Å²) in [5.41, 5.74) is 1.30. The van der Waals surface area contributed by atoms with E-state index in [0.717, 1.165) is 5.75 Å². The van der Waals surface area contributed by atoms with E-state index < -0.39 is 0 Å². The maximum atomic E-state index is 5.19. The first-order valence-electron chi connectivity index (χ1n) is 4.92. The van der Waals surface area contributed by atoms with Gasteiger partial charge < -0.3 is 4.74 Å². The smallest absolute Gasteiger partial charge is 0.119 e. The number of halogens is 1. The number of hydrogen-bond donors (Lipinski definition) is 0. The van der Waals surface area contributed by atoms with Gasteiger partial charge in [-0.05, 0) is 35.4 Å². The molecule has 0 radical (unpaired) electrons.